The molecule has 0 aliphatic carbocycles. The van der Waals surface area contributed by atoms with Gasteiger partial charge in [0.2, 0.25) is 0 Å². The zero-order chi connectivity index (χ0) is 19.4. The number of hydrogen-bond donors (Lipinski definition) is 0. The summed E-state index contributed by atoms with van der Waals surface area (Å²) >= 11 is 2.96. The van der Waals surface area contributed by atoms with Crippen molar-refractivity contribution in [1.29, 1.82) is 0 Å². The molecule has 0 N–H and O–H groups in total. The molecular formula is C10H14BrN. The standard InChI is InChI=1S/C10H14BrN/c1-7-9(10(2,3)4)5-8(11)6-12-7/h5-6H,1-4H3/i1D3,2D3,3D3,4D3. The van der Waals surface area contributed by atoms with Crippen LogP contribution in [0, 0.1) is 6.85 Å². The number of rotatable bonds is 0. The summed E-state index contributed by atoms with van der Waals surface area (Å²) < 4.78 is 91.3. The molecule has 0 spiro atoms. The molecule has 2 heteroatoms. The fourth-order valence-electron chi connectivity index (χ4n) is 0.725. The molecule has 0 fully saturated rings. The second kappa shape index (κ2) is 3.17. The molecule has 1 aromatic heterocycles. The molecule has 0 amide bonds. The molecular weight excluding hydrogens is 214 g/mol. The van der Waals surface area contributed by atoms with Crippen molar-refractivity contribution in [1.82, 2.24) is 4.98 Å². The van der Waals surface area contributed by atoms with Crippen molar-refractivity contribution < 1.29 is 16.4 Å². The van der Waals surface area contributed by atoms with Crippen LogP contribution in [-0.4, -0.2) is 4.98 Å². The highest BCUT2D eigenvalue weighted by Crippen LogP contribution is 2.26. The summed E-state index contributed by atoms with van der Waals surface area (Å²) in [6.07, 6.45) is 1.04. The van der Waals surface area contributed by atoms with Crippen molar-refractivity contribution in [3.05, 3.63) is 28.0 Å². The van der Waals surface area contributed by atoms with Gasteiger partial charge in [-0.25, -0.2) is 0 Å². The van der Waals surface area contributed by atoms with E-state index in [4.69, 9.17) is 16.4 Å². The van der Waals surface area contributed by atoms with Crippen LogP contribution in [0.2, 0.25) is 0 Å². The van der Waals surface area contributed by atoms with Crippen LogP contribution in [0.1, 0.15) is 48.3 Å². The van der Waals surface area contributed by atoms with Gasteiger partial charge in [0.05, 0.1) is 0 Å². The van der Waals surface area contributed by atoms with E-state index in [0.29, 0.717) is 0 Å². The first-order valence-corrected chi connectivity index (χ1v) is 3.83. The molecule has 0 bridgehead atoms. The van der Waals surface area contributed by atoms with Gasteiger partial charge in [0.25, 0.3) is 0 Å². The summed E-state index contributed by atoms with van der Waals surface area (Å²) in [6.45, 7) is -13.6. The van der Waals surface area contributed by atoms with Crippen LogP contribution in [0.4, 0.5) is 0 Å². The summed E-state index contributed by atoms with van der Waals surface area (Å²) in [5, 5.41) is 0. The number of aryl methyl sites for hydroxylation is 1. The molecule has 0 unspecified atom stereocenters. The number of aromatic nitrogens is 1. The first-order valence-electron chi connectivity index (χ1n) is 9.04. The topological polar surface area (TPSA) is 12.9 Å². The Hall–Kier alpha value is -0.370. The Bertz CT molecular complexity index is 572. The van der Waals surface area contributed by atoms with Gasteiger partial charge >= 0.3 is 0 Å². The molecule has 0 saturated heterocycles. The van der Waals surface area contributed by atoms with Gasteiger partial charge in [-0.15, -0.1) is 0 Å². The smallest absolute Gasteiger partial charge is 0.0413 e. The third kappa shape index (κ3) is 2.07. The van der Waals surface area contributed by atoms with Gasteiger partial charge in [-0.05, 0) is 39.8 Å². The SMILES string of the molecule is [2H]C([2H])([2H])c1ncc(Br)cc1C(C([2H])([2H])[2H])(C([2H])([2H])[2H])C([2H])([2H])[2H]. The maximum Gasteiger partial charge on any atom is 0.0413 e. The van der Waals surface area contributed by atoms with E-state index >= 15 is 0 Å². The zero-order valence-electron chi connectivity index (χ0n) is 18.0. The normalized spacial score (nSPS) is 30.8. The Morgan fingerprint density at radius 2 is 2.25 bits per heavy atom. The van der Waals surface area contributed by atoms with Gasteiger partial charge in [-0.2, -0.15) is 0 Å². The molecule has 12 heavy (non-hydrogen) atoms. The Balaban J connectivity index is 4.14. The molecule has 1 heterocycles. The monoisotopic (exact) mass is 239 g/mol. The first kappa shape index (κ1) is 2.35. The highest BCUT2D eigenvalue weighted by Gasteiger charge is 2.16. The second-order valence-corrected chi connectivity index (χ2v) is 3.22. The van der Waals surface area contributed by atoms with Gasteiger partial charge in [-0.3, -0.25) is 4.98 Å². The molecule has 0 aromatic carbocycles. The molecule has 0 aliphatic rings. The lowest BCUT2D eigenvalue weighted by atomic mass is 9.86. The van der Waals surface area contributed by atoms with Crippen molar-refractivity contribution in [3.63, 3.8) is 0 Å². The fraction of sp³-hybridized carbons (Fsp3) is 0.500. The minimum Gasteiger partial charge on any atom is -0.260 e. The van der Waals surface area contributed by atoms with Crippen molar-refractivity contribution in [2.24, 2.45) is 0 Å². The van der Waals surface area contributed by atoms with Crippen LogP contribution in [-0.2, 0) is 5.41 Å². The van der Waals surface area contributed by atoms with Gasteiger partial charge in [0.1, 0.15) is 0 Å². The minimum atomic E-state index is -3.55. The van der Waals surface area contributed by atoms with Crippen LogP contribution in [0.5, 0.6) is 0 Å². The van der Waals surface area contributed by atoms with Gasteiger partial charge in [0, 0.05) is 32.8 Å². The zero-order valence-corrected chi connectivity index (χ0v) is 7.57. The van der Waals surface area contributed by atoms with E-state index in [9.17, 15) is 0 Å². The predicted octanol–water partition coefficient (Wildman–Crippen LogP) is 3.45. The van der Waals surface area contributed by atoms with Crippen molar-refractivity contribution in [2.45, 2.75) is 32.8 Å². The number of halogens is 1. The molecule has 0 aliphatic heterocycles. The first-order chi connectivity index (χ1) is 10.4. The van der Waals surface area contributed by atoms with Crippen LogP contribution >= 0.6 is 15.9 Å². The largest absolute Gasteiger partial charge is 0.260 e. The lowest BCUT2D eigenvalue weighted by molar-refractivity contribution is 0.581. The second-order valence-electron chi connectivity index (χ2n) is 2.30. The van der Waals surface area contributed by atoms with E-state index < -0.39 is 44.1 Å². The molecule has 1 rings (SSSR count). The maximum atomic E-state index is 7.64. The molecule has 0 radical (unpaired) electrons. The van der Waals surface area contributed by atoms with Gasteiger partial charge in [-0.1, -0.05) is 20.6 Å². The number of nitrogens with zero attached hydrogens (tertiary/aromatic N) is 1. The van der Waals surface area contributed by atoms with E-state index in [1.54, 1.807) is 0 Å². The summed E-state index contributed by atoms with van der Waals surface area (Å²) in [5.41, 5.74) is -5.14. The average Bonchev–Trinajstić information content (AvgIpc) is 2.20. The molecule has 1 nitrogen and oxygen atoms in total. The van der Waals surface area contributed by atoms with Crippen LogP contribution in [0.3, 0.4) is 0 Å². The Labute approximate surface area is 99.2 Å². The lowest BCUT2D eigenvalue weighted by Gasteiger charge is -2.20. The van der Waals surface area contributed by atoms with Crippen molar-refractivity contribution in [2.75, 3.05) is 0 Å². The van der Waals surface area contributed by atoms with Crippen LogP contribution in [0.25, 0.3) is 0 Å². The van der Waals surface area contributed by atoms with E-state index in [2.05, 4.69) is 20.9 Å². The predicted molar refractivity (Wildman–Crippen MR) is 55.4 cm³/mol. The maximum absolute atomic E-state index is 7.64. The molecule has 0 atom stereocenters. The lowest BCUT2D eigenvalue weighted by Crippen LogP contribution is -2.13. The number of hydrogen-bond acceptors (Lipinski definition) is 1. The average molecular weight is 240 g/mol. The van der Waals surface area contributed by atoms with Crippen LogP contribution in [0.15, 0.2) is 16.7 Å². The van der Waals surface area contributed by atoms with Crippen LogP contribution < -0.4 is 0 Å². The van der Waals surface area contributed by atoms with E-state index in [-0.39, 0.29) is 4.47 Å². The summed E-state index contributed by atoms with van der Waals surface area (Å²) in [5.74, 6) is 0. The Kier molecular flexibility index (Phi) is 0.622. The van der Waals surface area contributed by atoms with E-state index in [1.807, 2.05) is 0 Å². The summed E-state index contributed by atoms with van der Waals surface area (Å²) in [4.78, 5) is 3.60. The van der Waals surface area contributed by atoms with E-state index in [0.717, 1.165) is 12.3 Å². The quantitative estimate of drug-likeness (QED) is 0.676. The minimum absolute atomic E-state index is 0.0626. The molecule has 1 aromatic rings. The summed E-state index contributed by atoms with van der Waals surface area (Å²) in [6, 6.07) is 0.889. The van der Waals surface area contributed by atoms with Crippen molar-refractivity contribution in [3.8, 4) is 0 Å². The van der Waals surface area contributed by atoms with Gasteiger partial charge in [0.15, 0.2) is 0 Å². The fourth-order valence-corrected chi connectivity index (χ4v) is 1.06. The summed E-state index contributed by atoms with van der Waals surface area (Å²) in [7, 11) is 0. The Morgan fingerprint density at radius 3 is 2.83 bits per heavy atom. The Morgan fingerprint density at radius 1 is 1.50 bits per heavy atom. The van der Waals surface area contributed by atoms with Crippen molar-refractivity contribution >= 4 is 15.9 Å². The van der Waals surface area contributed by atoms with E-state index in [1.165, 1.54) is 0 Å². The third-order valence-corrected chi connectivity index (χ3v) is 1.69. The third-order valence-electron chi connectivity index (χ3n) is 1.26. The van der Waals surface area contributed by atoms with Gasteiger partial charge < -0.3 is 0 Å². The number of pyridine rings is 1. The molecule has 0 saturated carbocycles. The highest BCUT2D eigenvalue weighted by atomic mass is 79.9. The highest BCUT2D eigenvalue weighted by molar-refractivity contribution is 9.10. The molecule has 66 valence electrons.